The normalized spacial score (nSPS) is 22.0. The van der Waals surface area contributed by atoms with Gasteiger partial charge in [-0.2, -0.15) is 0 Å². The molecule has 6 heteroatoms. The maximum Gasteiger partial charge on any atom is 0.238 e. The third kappa shape index (κ3) is 4.74. The van der Waals surface area contributed by atoms with Crippen molar-refractivity contribution in [3.05, 3.63) is 59.2 Å². The van der Waals surface area contributed by atoms with Crippen molar-refractivity contribution in [1.82, 2.24) is 5.32 Å². The van der Waals surface area contributed by atoms with Gasteiger partial charge < -0.3 is 10.4 Å². The zero-order valence-electron chi connectivity index (χ0n) is 16.6. The first-order chi connectivity index (χ1) is 13.3. The minimum atomic E-state index is -3.65. The highest BCUT2D eigenvalue weighted by molar-refractivity contribution is 7.89. The zero-order chi connectivity index (χ0) is 20.3. The molecule has 2 aromatic rings. The van der Waals surface area contributed by atoms with Crippen molar-refractivity contribution in [2.45, 2.75) is 56.4 Å². The minimum Gasteiger partial charge on any atom is -0.508 e. The lowest BCUT2D eigenvalue weighted by Gasteiger charge is -2.39. The standard InChI is InChI=1S/C22H30N2O3S/c1-3-4-18-13-17-7-8-19(25)14-21(17)15(2)22(18)24-12-11-16-5-9-20(10-6-16)28(23,26)27/h5-10,14-15,18,22,24-25H,3-4,11-13H2,1-2H3,(H2,23,26,27)/t15-,18-,22+/m0/s1. The number of primary sulfonamides is 1. The van der Waals surface area contributed by atoms with E-state index in [4.69, 9.17) is 5.14 Å². The van der Waals surface area contributed by atoms with Crippen LogP contribution in [0.5, 0.6) is 5.75 Å². The van der Waals surface area contributed by atoms with Crippen molar-refractivity contribution in [2.24, 2.45) is 11.1 Å². The maximum absolute atomic E-state index is 11.4. The third-order valence-electron chi connectivity index (χ3n) is 5.85. The SMILES string of the molecule is CCC[C@H]1Cc2ccc(O)cc2[C@H](C)[C@H]1NCCc1ccc(S(N)(=O)=O)cc1. The molecular formula is C22H30N2O3S. The Balaban J connectivity index is 1.67. The summed E-state index contributed by atoms with van der Waals surface area (Å²) in [5.41, 5.74) is 3.66. The second-order valence-electron chi connectivity index (χ2n) is 7.84. The summed E-state index contributed by atoms with van der Waals surface area (Å²) in [5, 5.41) is 18.8. The smallest absolute Gasteiger partial charge is 0.238 e. The Kier molecular flexibility index (Phi) is 6.43. The van der Waals surface area contributed by atoms with Gasteiger partial charge in [-0.15, -0.1) is 0 Å². The van der Waals surface area contributed by atoms with Gasteiger partial charge in [-0.25, -0.2) is 13.6 Å². The number of nitrogens with two attached hydrogens (primary N) is 1. The molecule has 0 bridgehead atoms. The van der Waals surface area contributed by atoms with E-state index in [1.54, 1.807) is 18.2 Å². The number of nitrogens with one attached hydrogen (secondary N) is 1. The summed E-state index contributed by atoms with van der Waals surface area (Å²) in [4.78, 5) is 0.143. The van der Waals surface area contributed by atoms with E-state index >= 15 is 0 Å². The molecule has 3 atom stereocenters. The highest BCUT2D eigenvalue weighted by atomic mass is 32.2. The first-order valence-corrected chi connectivity index (χ1v) is 11.5. The van der Waals surface area contributed by atoms with E-state index in [-0.39, 0.29) is 4.90 Å². The Morgan fingerprint density at radius 1 is 1.18 bits per heavy atom. The summed E-state index contributed by atoms with van der Waals surface area (Å²) in [5.74, 6) is 1.23. The van der Waals surface area contributed by atoms with E-state index in [0.29, 0.717) is 23.6 Å². The van der Waals surface area contributed by atoms with Crippen LogP contribution in [0.1, 0.15) is 49.3 Å². The number of rotatable bonds is 7. The molecular weight excluding hydrogens is 372 g/mol. The molecule has 1 aliphatic rings. The molecule has 0 heterocycles. The highest BCUT2D eigenvalue weighted by Crippen LogP contribution is 2.38. The number of hydrogen-bond donors (Lipinski definition) is 3. The molecule has 0 amide bonds. The average Bonchev–Trinajstić information content (AvgIpc) is 2.65. The molecule has 0 spiro atoms. The monoisotopic (exact) mass is 402 g/mol. The fraction of sp³-hybridized carbons (Fsp3) is 0.455. The van der Waals surface area contributed by atoms with Gasteiger partial charge in [0.25, 0.3) is 0 Å². The van der Waals surface area contributed by atoms with Gasteiger partial charge in [0.15, 0.2) is 0 Å². The average molecular weight is 403 g/mol. The van der Waals surface area contributed by atoms with Crippen LogP contribution in [0.2, 0.25) is 0 Å². The van der Waals surface area contributed by atoms with Gasteiger partial charge in [0.1, 0.15) is 5.75 Å². The number of benzene rings is 2. The fourth-order valence-electron chi connectivity index (χ4n) is 4.43. The Morgan fingerprint density at radius 3 is 2.54 bits per heavy atom. The summed E-state index contributed by atoms with van der Waals surface area (Å²) in [6.45, 7) is 5.28. The Labute approximate surface area is 168 Å². The van der Waals surface area contributed by atoms with E-state index in [0.717, 1.165) is 31.4 Å². The number of sulfonamides is 1. The minimum absolute atomic E-state index is 0.143. The van der Waals surface area contributed by atoms with E-state index < -0.39 is 10.0 Å². The van der Waals surface area contributed by atoms with Gasteiger partial charge >= 0.3 is 0 Å². The van der Waals surface area contributed by atoms with Crippen molar-refractivity contribution in [2.75, 3.05) is 6.54 Å². The van der Waals surface area contributed by atoms with Gasteiger partial charge in [0.05, 0.1) is 4.90 Å². The van der Waals surface area contributed by atoms with Gasteiger partial charge in [-0.3, -0.25) is 0 Å². The fourth-order valence-corrected chi connectivity index (χ4v) is 4.94. The summed E-state index contributed by atoms with van der Waals surface area (Å²) in [7, 11) is -3.65. The molecule has 5 nitrogen and oxygen atoms in total. The summed E-state index contributed by atoms with van der Waals surface area (Å²) < 4.78 is 22.7. The molecule has 0 radical (unpaired) electrons. The molecule has 28 heavy (non-hydrogen) atoms. The summed E-state index contributed by atoms with van der Waals surface area (Å²) in [6, 6.07) is 12.9. The topological polar surface area (TPSA) is 92.4 Å². The highest BCUT2D eigenvalue weighted by Gasteiger charge is 2.33. The molecule has 152 valence electrons. The quantitative estimate of drug-likeness (QED) is 0.662. The van der Waals surface area contributed by atoms with Crippen LogP contribution in [0.3, 0.4) is 0 Å². The van der Waals surface area contributed by atoms with Gasteiger partial charge in [0.2, 0.25) is 10.0 Å². The van der Waals surface area contributed by atoms with Gasteiger partial charge in [-0.05, 0) is 78.6 Å². The van der Waals surface area contributed by atoms with E-state index in [2.05, 4.69) is 25.2 Å². The maximum atomic E-state index is 11.4. The molecule has 0 saturated carbocycles. The predicted octanol–water partition coefficient (Wildman–Crippen LogP) is 3.32. The van der Waals surface area contributed by atoms with Crippen LogP contribution in [-0.4, -0.2) is 26.1 Å². The first-order valence-electron chi connectivity index (χ1n) is 9.96. The molecule has 2 aromatic carbocycles. The van der Waals surface area contributed by atoms with Crippen molar-refractivity contribution < 1.29 is 13.5 Å². The first kappa shape index (κ1) is 20.8. The summed E-state index contributed by atoms with van der Waals surface area (Å²) >= 11 is 0. The molecule has 0 aliphatic heterocycles. The molecule has 3 rings (SSSR count). The number of phenolic OH excluding ortho intramolecular Hbond substituents is 1. The lowest BCUT2D eigenvalue weighted by atomic mass is 9.72. The van der Waals surface area contributed by atoms with E-state index in [1.165, 1.54) is 17.5 Å². The van der Waals surface area contributed by atoms with Crippen molar-refractivity contribution in [1.29, 1.82) is 0 Å². The predicted molar refractivity (Wildman–Crippen MR) is 112 cm³/mol. The van der Waals surface area contributed by atoms with Crippen LogP contribution in [-0.2, 0) is 22.9 Å². The van der Waals surface area contributed by atoms with Crippen molar-refractivity contribution in [3.8, 4) is 5.75 Å². The Hall–Kier alpha value is -1.89. The molecule has 0 fully saturated rings. The number of aromatic hydroxyl groups is 1. The van der Waals surface area contributed by atoms with Crippen LogP contribution in [0, 0.1) is 5.92 Å². The van der Waals surface area contributed by atoms with Gasteiger partial charge in [-0.1, -0.05) is 38.5 Å². The third-order valence-corrected chi connectivity index (χ3v) is 6.78. The van der Waals surface area contributed by atoms with Crippen LogP contribution in [0.25, 0.3) is 0 Å². The second-order valence-corrected chi connectivity index (χ2v) is 9.40. The lowest BCUT2D eigenvalue weighted by Crippen LogP contribution is -2.45. The Morgan fingerprint density at radius 2 is 1.89 bits per heavy atom. The van der Waals surface area contributed by atoms with Gasteiger partial charge in [0, 0.05) is 6.04 Å². The molecule has 4 N–H and O–H groups in total. The zero-order valence-corrected chi connectivity index (χ0v) is 17.4. The molecule has 1 aliphatic carbocycles. The van der Waals surface area contributed by atoms with Crippen molar-refractivity contribution in [3.63, 3.8) is 0 Å². The lowest BCUT2D eigenvalue weighted by molar-refractivity contribution is 0.277. The number of hydrogen-bond acceptors (Lipinski definition) is 4. The van der Waals surface area contributed by atoms with Crippen molar-refractivity contribution >= 4 is 10.0 Å². The Bertz CT molecular complexity index is 910. The van der Waals surface area contributed by atoms with E-state index in [9.17, 15) is 13.5 Å². The molecule has 0 saturated heterocycles. The van der Waals surface area contributed by atoms with Crippen LogP contribution in [0.4, 0.5) is 0 Å². The summed E-state index contributed by atoms with van der Waals surface area (Å²) in [6.07, 6.45) is 4.18. The number of phenols is 1. The second kappa shape index (κ2) is 8.64. The molecule has 0 unspecified atom stereocenters. The number of fused-ring (bicyclic) bond motifs is 1. The largest absolute Gasteiger partial charge is 0.508 e. The van der Waals surface area contributed by atoms with Crippen LogP contribution in [0.15, 0.2) is 47.4 Å². The van der Waals surface area contributed by atoms with Crippen LogP contribution >= 0.6 is 0 Å². The van der Waals surface area contributed by atoms with Crippen LogP contribution < -0.4 is 10.5 Å². The molecule has 0 aromatic heterocycles. The van der Waals surface area contributed by atoms with E-state index in [1.807, 2.05) is 18.2 Å².